The number of urea groups is 1. The van der Waals surface area contributed by atoms with Gasteiger partial charge in [-0.3, -0.25) is 19.3 Å². The fourth-order valence-corrected chi connectivity index (χ4v) is 3.20. The summed E-state index contributed by atoms with van der Waals surface area (Å²) in [4.78, 5) is 50.1. The second-order valence-electron chi connectivity index (χ2n) is 7.70. The van der Waals surface area contributed by atoms with E-state index in [9.17, 15) is 19.2 Å². The van der Waals surface area contributed by atoms with Crippen LogP contribution < -0.4 is 10.6 Å². The second-order valence-corrected chi connectivity index (χ2v) is 7.70. The molecule has 2 rings (SSSR count). The first-order valence-corrected chi connectivity index (χ1v) is 9.79. The molecule has 0 radical (unpaired) electrons. The summed E-state index contributed by atoms with van der Waals surface area (Å²) in [5, 5.41) is 5.35. The third-order valence-electron chi connectivity index (χ3n) is 4.98. The zero-order valence-electron chi connectivity index (χ0n) is 17.6. The quantitative estimate of drug-likeness (QED) is 0.513. The Morgan fingerprint density at radius 2 is 1.97 bits per heavy atom. The molecule has 1 saturated heterocycles. The Labute approximate surface area is 171 Å². The van der Waals surface area contributed by atoms with Gasteiger partial charge >= 0.3 is 12.0 Å². The van der Waals surface area contributed by atoms with Crippen LogP contribution in [-0.2, 0) is 19.1 Å². The van der Waals surface area contributed by atoms with Gasteiger partial charge in [0.15, 0.2) is 6.10 Å². The van der Waals surface area contributed by atoms with Crippen molar-refractivity contribution in [1.82, 2.24) is 10.2 Å². The predicted molar refractivity (Wildman–Crippen MR) is 108 cm³/mol. The van der Waals surface area contributed by atoms with Gasteiger partial charge in [0.05, 0.1) is 0 Å². The minimum absolute atomic E-state index is 0.458. The molecule has 8 nitrogen and oxygen atoms in total. The van der Waals surface area contributed by atoms with Crippen LogP contribution in [-0.4, -0.2) is 46.9 Å². The minimum atomic E-state index is -1.07. The van der Waals surface area contributed by atoms with Gasteiger partial charge in [0.25, 0.3) is 11.8 Å². The minimum Gasteiger partial charge on any atom is -0.451 e. The summed E-state index contributed by atoms with van der Waals surface area (Å²) < 4.78 is 5.13. The van der Waals surface area contributed by atoms with Gasteiger partial charge in [-0.2, -0.15) is 0 Å². The number of aryl methyl sites for hydroxylation is 2. The van der Waals surface area contributed by atoms with E-state index in [1.807, 2.05) is 32.9 Å². The van der Waals surface area contributed by atoms with Crippen LogP contribution in [0.15, 0.2) is 18.2 Å². The van der Waals surface area contributed by atoms with Gasteiger partial charge in [0.2, 0.25) is 0 Å². The van der Waals surface area contributed by atoms with Crippen molar-refractivity contribution in [3.63, 3.8) is 0 Å². The molecule has 1 heterocycles. The van der Waals surface area contributed by atoms with E-state index >= 15 is 0 Å². The van der Waals surface area contributed by atoms with Gasteiger partial charge in [-0.25, -0.2) is 4.79 Å². The number of imide groups is 1. The van der Waals surface area contributed by atoms with Crippen molar-refractivity contribution in [2.45, 2.75) is 65.5 Å². The van der Waals surface area contributed by atoms with Crippen LogP contribution in [0.25, 0.3) is 0 Å². The zero-order valence-corrected chi connectivity index (χ0v) is 17.6. The molecule has 0 aliphatic carbocycles. The maximum Gasteiger partial charge on any atom is 0.327 e. The number of unbranched alkanes of at least 4 members (excludes halogenated alkanes) is 1. The topological polar surface area (TPSA) is 105 Å². The number of nitrogens with one attached hydrogen (secondary N) is 2. The first kappa shape index (κ1) is 22.4. The average molecular weight is 403 g/mol. The highest BCUT2D eigenvalue weighted by molar-refractivity contribution is 6.08. The van der Waals surface area contributed by atoms with E-state index in [-0.39, 0.29) is 0 Å². The highest BCUT2D eigenvalue weighted by Gasteiger charge is 2.48. The fourth-order valence-electron chi connectivity index (χ4n) is 3.20. The highest BCUT2D eigenvalue weighted by Crippen LogP contribution is 2.23. The molecule has 0 spiro atoms. The van der Waals surface area contributed by atoms with Gasteiger partial charge in [-0.1, -0.05) is 37.5 Å². The highest BCUT2D eigenvalue weighted by atomic mass is 16.5. The SMILES string of the molecule is CCCC[C@@]1(C)NC(=O)N(CC(=O)O[C@@H](C)C(=O)Nc2ccc(C)cc2C)C1=O. The number of rotatable bonds is 8. The number of anilines is 1. The van der Waals surface area contributed by atoms with Crippen molar-refractivity contribution in [2.75, 3.05) is 11.9 Å². The number of esters is 1. The molecule has 8 heteroatoms. The largest absolute Gasteiger partial charge is 0.451 e. The van der Waals surface area contributed by atoms with E-state index in [0.717, 1.165) is 28.9 Å². The van der Waals surface area contributed by atoms with Crippen LogP contribution in [0.2, 0.25) is 0 Å². The summed E-state index contributed by atoms with van der Waals surface area (Å²) in [6, 6.07) is 4.95. The van der Waals surface area contributed by atoms with Gasteiger partial charge in [0, 0.05) is 5.69 Å². The van der Waals surface area contributed by atoms with Gasteiger partial charge < -0.3 is 15.4 Å². The van der Waals surface area contributed by atoms with E-state index in [0.29, 0.717) is 12.1 Å². The number of carbonyl (C=O) groups is 4. The fraction of sp³-hybridized carbons (Fsp3) is 0.524. The number of hydrogen-bond acceptors (Lipinski definition) is 5. The normalized spacial score (nSPS) is 19.7. The predicted octanol–water partition coefficient (Wildman–Crippen LogP) is 2.67. The Kier molecular flexibility index (Phi) is 7.00. The second kappa shape index (κ2) is 9.07. The Bertz CT molecular complexity index is 823. The average Bonchev–Trinajstić information content (AvgIpc) is 2.85. The smallest absolute Gasteiger partial charge is 0.327 e. The molecule has 1 aliphatic rings. The lowest BCUT2D eigenvalue weighted by atomic mass is 9.95. The molecule has 2 atom stereocenters. The molecule has 0 aromatic heterocycles. The lowest BCUT2D eigenvalue weighted by molar-refractivity contribution is -0.155. The Hall–Kier alpha value is -2.90. The van der Waals surface area contributed by atoms with E-state index in [4.69, 9.17) is 4.74 Å². The zero-order chi connectivity index (χ0) is 21.8. The van der Waals surface area contributed by atoms with Crippen molar-refractivity contribution in [3.05, 3.63) is 29.3 Å². The van der Waals surface area contributed by atoms with Crippen LogP contribution in [0.3, 0.4) is 0 Å². The summed E-state index contributed by atoms with van der Waals surface area (Å²) >= 11 is 0. The Morgan fingerprint density at radius 1 is 1.28 bits per heavy atom. The van der Waals surface area contributed by atoms with E-state index in [1.165, 1.54) is 6.92 Å². The monoisotopic (exact) mass is 403 g/mol. The number of nitrogens with zero attached hydrogens (tertiary/aromatic N) is 1. The summed E-state index contributed by atoms with van der Waals surface area (Å²) in [6.45, 7) is 8.36. The van der Waals surface area contributed by atoms with Crippen LogP contribution in [0.1, 0.15) is 51.2 Å². The van der Waals surface area contributed by atoms with Crippen LogP contribution >= 0.6 is 0 Å². The third kappa shape index (κ3) is 5.34. The molecule has 158 valence electrons. The first-order valence-electron chi connectivity index (χ1n) is 9.79. The Morgan fingerprint density at radius 3 is 2.59 bits per heavy atom. The molecular formula is C21H29N3O5. The van der Waals surface area contributed by atoms with Crippen molar-refractivity contribution in [2.24, 2.45) is 0 Å². The van der Waals surface area contributed by atoms with Crippen molar-refractivity contribution in [3.8, 4) is 0 Å². The molecule has 0 bridgehead atoms. The summed E-state index contributed by atoms with van der Waals surface area (Å²) in [7, 11) is 0. The van der Waals surface area contributed by atoms with E-state index in [2.05, 4.69) is 10.6 Å². The molecule has 0 unspecified atom stereocenters. The standard InChI is InChI=1S/C21H29N3O5/c1-6-7-10-21(5)19(27)24(20(28)23-21)12-17(25)29-15(4)18(26)22-16-9-8-13(2)11-14(16)3/h8-9,11,15H,6-7,10,12H2,1-5H3,(H,22,26)(H,23,28)/t15-,21+/m0/s1. The number of amides is 4. The van der Waals surface area contributed by atoms with Crippen molar-refractivity contribution in [1.29, 1.82) is 0 Å². The van der Waals surface area contributed by atoms with Crippen LogP contribution in [0, 0.1) is 13.8 Å². The van der Waals surface area contributed by atoms with Crippen LogP contribution in [0.5, 0.6) is 0 Å². The summed E-state index contributed by atoms with van der Waals surface area (Å²) in [5.74, 6) is -1.77. The van der Waals surface area contributed by atoms with Crippen LogP contribution in [0.4, 0.5) is 10.5 Å². The van der Waals surface area contributed by atoms with Gasteiger partial charge in [0.1, 0.15) is 12.1 Å². The molecule has 1 fully saturated rings. The first-order chi connectivity index (χ1) is 13.6. The number of carbonyl (C=O) groups excluding carboxylic acids is 4. The maximum absolute atomic E-state index is 12.6. The van der Waals surface area contributed by atoms with E-state index in [1.54, 1.807) is 13.0 Å². The number of ether oxygens (including phenoxy) is 1. The van der Waals surface area contributed by atoms with Crippen molar-refractivity contribution >= 4 is 29.5 Å². The molecule has 2 N–H and O–H groups in total. The molecule has 1 aromatic carbocycles. The number of hydrogen-bond donors (Lipinski definition) is 2. The summed E-state index contributed by atoms with van der Waals surface area (Å²) in [6.07, 6.45) is 1.08. The molecule has 4 amide bonds. The molecular weight excluding hydrogens is 374 g/mol. The van der Waals surface area contributed by atoms with Gasteiger partial charge in [-0.05, 0) is 45.7 Å². The molecule has 1 aromatic rings. The van der Waals surface area contributed by atoms with E-state index < -0.39 is 42.0 Å². The van der Waals surface area contributed by atoms with Crippen molar-refractivity contribution < 1.29 is 23.9 Å². The van der Waals surface area contributed by atoms with Gasteiger partial charge in [-0.15, -0.1) is 0 Å². The lowest BCUT2D eigenvalue weighted by Crippen LogP contribution is -2.44. The molecule has 0 saturated carbocycles. The maximum atomic E-state index is 12.6. The molecule has 29 heavy (non-hydrogen) atoms. The lowest BCUT2D eigenvalue weighted by Gasteiger charge is -2.21. The molecule has 1 aliphatic heterocycles. The summed E-state index contributed by atoms with van der Waals surface area (Å²) in [5.41, 5.74) is 1.57. The third-order valence-corrected chi connectivity index (χ3v) is 4.98. The number of benzene rings is 1. The Balaban J connectivity index is 1.93.